The maximum atomic E-state index is 9.81. The number of ether oxygens (including phenoxy) is 1. The molecule has 0 aromatic carbocycles. The number of hydrogen-bond donors (Lipinski definition) is 1. The third-order valence-electron chi connectivity index (χ3n) is 1.33. The molecule has 1 unspecified atom stereocenters. The van der Waals surface area contributed by atoms with Gasteiger partial charge in [0.25, 0.3) is 0 Å². The minimum absolute atomic E-state index is 0.399. The fourth-order valence-corrected chi connectivity index (χ4v) is 1.52. The standard InChI is InChI=1S/C7H10OS.C2H5NO2S.C2H6/c1-3-8-7-4-5-9-6(7)2;1-6(5)3-2-4;1-2/h4-5H,3H2,1-2H3;2H,1H3,(H,3,4);1-2H3. The van der Waals surface area contributed by atoms with Gasteiger partial charge in [-0.2, -0.15) is 0 Å². The smallest absolute Gasteiger partial charge is 0.218 e. The molecule has 1 heterocycles. The molecule has 0 aliphatic heterocycles. The van der Waals surface area contributed by atoms with Crippen molar-refractivity contribution in [1.82, 2.24) is 4.72 Å². The van der Waals surface area contributed by atoms with Crippen molar-refractivity contribution in [3.05, 3.63) is 16.3 Å². The first-order valence-electron chi connectivity index (χ1n) is 5.32. The Balaban J connectivity index is 0. The molecule has 1 aromatic heterocycles. The fourth-order valence-electron chi connectivity index (χ4n) is 0.746. The molecule has 4 nitrogen and oxygen atoms in total. The second-order valence-electron chi connectivity index (χ2n) is 2.46. The molecule has 0 spiro atoms. The van der Waals surface area contributed by atoms with E-state index in [1.165, 1.54) is 11.1 Å². The van der Waals surface area contributed by atoms with Crippen LogP contribution in [0.3, 0.4) is 0 Å². The van der Waals surface area contributed by atoms with Crippen molar-refractivity contribution < 1.29 is 13.7 Å². The van der Waals surface area contributed by atoms with E-state index in [4.69, 9.17) is 4.74 Å². The van der Waals surface area contributed by atoms with Crippen LogP contribution in [0.4, 0.5) is 0 Å². The van der Waals surface area contributed by atoms with Gasteiger partial charge in [0.1, 0.15) is 16.7 Å². The molecule has 17 heavy (non-hydrogen) atoms. The lowest BCUT2D eigenvalue weighted by Gasteiger charge is -1.98. The molecule has 100 valence electrons. The fraction of sp³-hybridized carbons (Fsp3) is 0.545. The molecule has 0 saturated heterocycles. The van der Waals surface area contributed by atoms with Gasteiger partial charge in [-0.25, -0.2) is 4.21 Å². The van der Waals surface area contributed by atoms with Crippen LogP contribution in [0, 0.1) is 6.92 Å². The first kappa shape index (κ1) is 18.5. The van der Waals surface area contributed by atoms with E-state index in [0.29, 0.717) is 6.41 Å². The molecule has 1 aromatic rings. The van der Waals surface area contributed by atoms with Crippen molar-refractivity contribution in [3.8, 4) is 5.75 Å². The summed E-state index contributed by atoms with van der Waals surface area (Å²) in [4.78, 5) is 10.6. The van der Waals surface area contributed by atoms with E-state index in [0.717, 1.165) is 12.4 Å². The molecular formula is C11H21NO3S2. The Morgan fingerprint density at radius 2 is 2.12 bits per heavy atom. The van der Waals surface area contributed by atoms with E-state index in [9.17, 15) is 9.00 Å². The van der Waals surface area contributed by atoms with Gasteiger partial charge in [0.05, 0.1) is 6.61 Å². The average Bonchev–Trinajstić information content (AvgIpc) is 2.69. The van der Waals surface area contributed by atoms with Gasteiger partial charge < -0.3 is 4.74 Å². The number of rotatable bonds is 4. The van der Waals surface area contributed by atoms with Gasteiger partial charge in [-0.05, 0) is 25.3 Å². The molecular weight excluding hydrogens is 258 g/mol. The van der Waals surface area contributed by atoms with Crippen LogP contribution in [0.2, 0.25) is 0 Å². The normalized spacial score (nSPS) is 9.94. The van der Waals surface area contributed by atoms with E-state index in [1.54, 1.807) is 11.3 Å². The highest BCUT2D eigenvalue weighted by Crippen LogP contribution is 2.22. The van der Waals surface area contributed by atoms with E-state index in [2.05, 4.69) is 6.92 Å². The first-order chi connectivity index (χ1) is 8.11. The summed E-state index contributed by atoms with van der Waals surface area (Å²) in [6.07, 6.45) is 1.78. The SMILES string of the molecule is CC.CCOc1ccsc1C.CS(=O)NC=O. The highest BCUT2D eigenvalue weighted by atomic mass is 32.2. The summed E-state index contributed by atoms with van der Waals surface area (Å²) in [7, 11) is -1.18. The van der Waals surface area contributed by atoms with E-state index < -0.39 is 11.0 Å². The summed E-state index contributed by atoms with van der Waals surface area (Å²) in [6.45, 7) is 8.82. The van der Waals surface area contributed by atoms with Gasteiger partial charge in [0.2, 0.25) is 6.41 Å². The summed E-state index contributed by atoms with van der Waals surface area (Å²) in [5.74, 6) is 1.03. The zero-order valence-corrected chi connectivity index (χ0v) is 12.6. The number of carbonyl (C=O) groups excluding carboxylic acids is 1. The van der Waals surface area contributed by atoms with Crippen LogP contribution in [0.5, 0.6) is 5.75 Å². The van der Waals surface area contributed by atoms with Gasteiger partial charge in [0.15, 0.2) is 0 Å². The lowest BCUT2D eigenvalue weighted by Crippen LogP contribution is -2.11. The number of carbonyl (C=O) groups is 1. The molecule has 1 atom stereocenters. The van der Waals surface area contributed by atoms with Crippen molar-refractivity contribution in [1.29, 1.82) is 0 Å². The Hall–Kier alpha value is -0.880. The topological polar surface area (TPSA) is 55.4 Å². The van der Waals surface area contributed by atoms with E-state index >= 15 is 0 Å². The molecule has 0 saturated carbocycles. The number of hydrogen-bond acceptors (Lipinski definition) is 4. The summed E-state index contributed by atoms with van der Waals surface area (Å²) >= 11 is 1.72. The molecule has 0 aliphatic rings. The lowest BCUT2D eigenvalue weighted by atomic mass is 10.5. The van der Waals surface area contributed by atoms with E-state index in [-0.39, 0.29) is 0 Å². The number of nitrogens with one attached hydrogen (secondary N) is 1. The van der Waals surface area contributed by atoms with Crippen LogP contribution < -0.4 is 9.46 Å². The maximum Gasteiger partial charge on any atom is 0.218 e. The van der Waals surface area contributed by atoms with Crippen LogP contribution in [0.15, 0.2) is 11.4 Å². The first-order valence-corrected chi connectivity index (χ1v) is 7.75. The maximum absolute atomic E-state index is 9.81. The second-order valence-corrected chi connectivity index (χ2v) is 4.73. The Labute approximate surface area is 110 Å². The summed E-state index contributed by atoms with van der Waals surface area (Å²) in [5.41, 5.74) is 0. The predicted octanol–water partition coefficient (Wildman–Crippen LogP) is 2.51. The summed E-state index contributed by atoms with van der Waals surface area (Å²) in [6, 6.07) is 2.00. The van der Waals surface area contributed by atoms with Crippen LogP contribution in [0.25, 0.3) is 0 Å². The molecule has 0 aliphatic carbocycles. The van der Waals surface area contributed by atoms with Crippen molar-refractivity contribution in [2.24, 2.45) is 0 Å². The highest BCUT2D eigenvalue weighted by molar-refractivity contribution is 7.82. The van der Waals surface area contributed by atoms with Crippen LogP contribution in [0.1, 0.15) is 25.6 Å². The van der Waals surface area contributed by atoms with Gasteiger partial charge in [0, 0.05) is 11.1 Å². The third kappa shape index (κ3) is 11.4. The molecule has 1 amide bonds. The zero-order valence-electron chi connectivity index (χ0n) is 11.0. The van der Waals surface area contributed by atoms with Gasteiger partial charge in [-0.1, -0.05) is 13.8 Å². The molecule has 6 heteroatoms. The Morgan fingerprint density at radius 3 is 2.35 bits per heavy atom. The van der Waals surface area contributed by atoms with Gasteiger partial charge in [-0.15, -0.1) is 11.3 Å². The largest absolute Gasteiger partial charge is 0.493 e. The molecule has 0 fully saturated rings. The monoisotopic (exact) mass is 279 g/mol. The Kier molecular flexibility index (Phi) is 14.3. The van der Waals surface area contributed by atoms with E-state index in [1.807, 2.05) is 36.9 Å². The van der Waals surface area contributed by atoms with Crippen molar-refractivity contribution in [2.75, 3.05) is 12.9 Å². The molecule has 1 N–H and O–H groups in total. The minimum atomic E-state index is -1.18. The minimum Gasteiger partial charge on any atom is -0.493 e. The number of amides is 1. The van der Waals surface area contributed by atoms with Gasteiger partial charge >= 0.3 is 0 Å². The average molecular weight is 279 g/mol. The number of aryl methyl sites for hydroxylation is 1. The Morgan fingerprint density at radius 1 is 1.53 bits per heavy atom. The highest BCUT2D eigenvalue weighted by Gasteiger charge is 1.96. The summed E-state index contributed by atoms with van der Waals surface area (Å²) in [5, 5.41) is 2.04. The molecule has 0 bridgehead atoms. The van der Waals surface area contributed by atoms with Gasteiger partial charge in [-0.3, -0.25) is 9.52 Å². The summed E-state index contributed by atoms with van der Waals surface area (Å²) < 4.78 is 17.1. The quantitative estimate of drug-likeness (QED) is 0.862. The Bertz CT molecular complexity index is 313. The van der Waals surface area contributed by atoms with Crippen molar-refractivity contribution in [2.45, 2.75) is 27.7 Å². The third-order valence-corrected chi connectivity index (χ3v) is 2.58. The van der Waals surface area contributed by atoms with Crippen LogP contribution in [-0.4, -0.2) is 23.5 Å². The second kappa shape index (κ2) is 13.2. The lowest BCUT2D eigenvalue weighted by molar-refractivity contribution is -0.108. The van der Waals surface area contributed by atoms with Crippen molar-refractivity contribution >= 4 is 28.7 Å². The molecule has 1 rings (SSSR count). The number of thiophene rings is 1. The predicted molar refractivity (Wildman–Crippen MR) is 74.8 cm³/mol. The van der Waals surface area contributed by atoms with Crippen LogP contribution in [-0.2, 0) is 15.8 Å². The molecule has 0 radical (unpaired) electrons. The zero-order chi connectivity index (χ0) is 13.7. The van der Waals surface area contributed by atoms with Crippen LogP contribution >= 0.6 is 11.3 Å². The van der Waals surface area contributed by atoms with Crippen molar-refractivity contribution in [3.63, 3.8) is 0 Å².